The molecule has 0 aliphatic carbocycles. The van der Waals surface area contributed by atoms with Crippen molar-refractivity contribution in [1.29, 1.82) is 0 Å². The lowest BCUT2D eigenvalue weighted by atomic mass is 10.1. The van der Waals surface area contributed by atoms with Crippen LogP contribution < -0.4 is 10.1 Å². The monoisotopic (exact) mass is 284 g/mol. The van der Waals surface area contributed by atoms with E-state index in [1.165, 1.54) is 16.7 Å². The Hall–Kier alpha value is -2.03. The van der Waals surface area contributed by atoms with Gasteiger partial charge in [-0.1, -0.05) is 17.7 Å². The van der Waals surface area contributed by atoms with Crippen LogP contribution in [-0.2, 0) is 0 Å². The molecule has 0 aliphatic heterocycles. The summed E-state index contributed by atoms with van der Waals surface area (Å²) in [4.78, 5) is 4.28. The number of nitrogens with zero attached hydrogens (tertiary/aromatic N) is 1. The Bertz CT molecular complexity index is 612. The Morgan fingerprint density at radius 1 is 0.952 bits per heavy atom. The molecule has 2 aromatic rings. The number of benzene rings is 1. The number of nitrogens with one attached hydrogen (secondary N) is 1. The maximum Gasteiger partial charge on any atom is 0.125 e. The quantitative estimate of drug-likeness (QED) is 0.839. The maximum absolute atomic E-state index is 5.94. The lowest BCUT2D eigenvalue weighted by Crippen LogP contribution is -2.13. The van der Waals surface area contributed by atoms with E-state index in [2.05, 4.69) is 56.2 Å². The van der Waals surface area contributed by atoms with Crippen LogP contribution in [0.4, 0.5) is 5.69 Å². The van der Waals surface area contributed by atoms with E-state index in [9.17, 15) is 0 Å². The van der Waals surface area contributed by atoms with E-state index in [0.717, 1.165) is 29.2 Å². The molecule has 0 bridgehead atoms. The van der Waals surface area contributed by atoms with Crippen LogP contribution in [0.1, 0.15) is 27.9 Å². The fourth-order valence-corrected chi connectivity index (χ4v) is 2.55. The van der Waals surface area contributed by atoms with Crippen molar-refractivity contribution in [1.82, 2.24) is 4.98 Å². The summed E-state index contributed by atoms with van der Waals surface area (Å²) in [5, 5.41) is 3.41. The Balaban J connectivity index is 1.92. The van der Waals surface area contributed by atoms with Gasteiger partial charge in [-0.15, -0.1) is 0 Å². The van der Waals surface area contributed by atoms with Gasteiger partial charge in [0.15, 0.2) is 0 Å². The first kappa shape index (κ1) is 15.4. The summed E-state index contributed by atoms with van der Waals surface area (Å²) >= 11 is 0. The molecule has 21 heavy (non-hydrogen) atoms. The van der Waals surface area contributed by atoms with Crippen LogP contribution in [0, 0.1) is 34.6 Å². The molecule has 1 aromatic heterocycles. The summed E-state index contributed by atoms with van der Waals surface area (Å²) in [6.45, 7) is 11.8. The summed E-state index contributed by atoms with van der Waals surface area (Å²) in [5.41, 5.74) is 6.98. The molecule has 1 heterocycles. The highest BCUT2D eigenvalue weighted by Crippen LogP contribution is 2.24. The molecule has 0 saturated heterocycles. The molecule has 0 aliphatic rings. The normalized spacial score (nSPS) is 10.5. The second kappa shape index (κ2) is 6.61. The van der Waals surface area contributed by atoms with Gasteiger partial charge in [0.1, 0.15) is 12.4 Å². The number of aryl methyl sites for hydroxylation is 5. The highest BCUT2D eigenvalue weighted by atomic mass is 16.5. The number of hydrogen-bond donors (Lipinski definition) is 1. The van der Waals surface area contributed by atoms with Gasteiger partial charge in [-0.05, 0) is 57.4 Å². The molecule has 0 radical (unpaired) electrons. The Kier molecular flexibility index (Phi) is 4.84. The standard InChI is InChI=1S/C18H24N2O/c1-12-8-13(2)18(14(3)9-12)21-7-6-19-17-10-16(5)20-11-15(17)4/h8-11H,6-7H2,1-5H3,(H,19,20). The summed E-state index contributed by atoms with van der Waals surface area (Å²) in [6, 6.07) is 6.38. The van der Waals surface area contributed by atoms with Crippen molar-refractivity contribution in [3.8, 4) is 5.75 Å². The van der Waals surface area contributed by atoms with E-state index < -0.39 is 0 Å². The fourth-order valence-electron chi connectivity index (χ4n) is 2.55. The minimum atomic E-state index is 0.644. The third-order valence-corrected chi connectivity index (χ3v) is 3.51. The topological polar surface area (TPSA) is 34.1 Å². The smallest absolute Gasteiger partial charge is 0.125 e. The Labute approximate surface area is 127 Å². The molecule has 1 N–H and O–H groups in total. The van der Waals surface area contributed by atoms with E-state index in [1.807, 2.05) is 13.1 Å². The largest absolute Gasteiger partial charge is 0.491 e. The van der Waals surface area contributed by atoms with Crippen LogP contribution in [0.2, 0.25) is 0 Å². The van der Waals surface area contributed by atoms with Gasteiger partial charge < -0.3 is 10.1 Å². The first-order valence-corrected chi connectivity index (χ1v) is 7.35. The van der Waals surface area contributed by atoms with Crippen LogP contribution >= 0.6 is 0 Å². The van der Waals surface area contributed by atoms with Gasteiger partial charge >= 0.3 is 0 Å². The lowest BCUT2D eigenvalue weighted by Gasteiger charge is -2.14. The molecule has 0 fully saturated rings. The SMILES string of the molecule is Cc1cc(C)c(OCCNc2cc(C)ncc2C)c(C)c1. The maximum atomic E-state index is 5.94. The number of anilines is 1. The van der Waals surface area contributed by atoms with Gasteiger partial charge in [0.2, 0.25) is 0 Å². The number of hydrogen-bond acceptors (Lipinski definition) is 3. The molecule has 0 atom stereocenters. The predicted molar refractivity (Wildman–Crippen MR) is 88.3 cm³/mol. The van der Waals surface area contributed by atoms with E-state index in [1.54, 1.807) is 0 Å². The number of rotatable bonds is 5. The van der Waals surface area contributed by atoms with Crippen LogP contribution in [-0.4, -0.2) is 18.1 Å². The lowest BCUT2D eigenvalue weighted by molar-refractivity contribution is 0.328. The molecule has 1 aromatic carbocycles. The van der Waals surface area contributed by atoms with E-state index in [-0.39, 0.29) is 0 Å². The molecule has 112 valence electrons. The number of pyridine rings is 1. The zero-order valence-corrected chi connectivity index (χ0v) is 13.6. The van der Waals surface area contributed by atoms with Gasteiger partial charge in [-0.2, -0.15) is 0 Å². The molecule has 0 amide bonds. The van der Waals surface area contributed by atoms with Crippen molar-refractivity contribution in [2.45, 2.75) is 34.6 Å². The summed E-state index contributed by atoms with van der Waals surface area (Å²) in [5.74, 6) is 1.00. The molecular weight excluding hydrogens is 260 g/mol. The number of ether oxygens (including phenoxy) is 1. The van der Waals surface area contributed by atoms with Crippen molar-refractivity contribution >= 4 is 5.69 Å². The third-order valence-electron chi connectivity index (χ3n) is 3.51. The molecule has 3 nitrogen and oxygen atoms in total. The van der Waals surface area contributed by atoms with E-state index in [0.29, 0.717) is 6.61 Å². The summed E-state index contributed by atoms with van der Waals surface area (Å²) in [7, 11) is 0. The first-order chi connectivity index (χ1) is 9.97. The third kappa shape index (κ3) is 3.97. The van der Waals surface area contributed by atoms with E-state index in [4.69, 9.17) is 4.74 Å². The zero-order valence-electron chi connectivity index (χ0n) is 13.6. The van der Waals surface area contributed by atoms with E-state index >= 15 is 0 Å². The van der Waals surface area contributed by atoms with Gasteiger partial charge in [-0.25, -0.2) is 0 Å². The zero-order chi connectivity index (χ0) is 15.4. The van der Waals surface area contributed by atoms with Gasteiger partial charge in [0, 0.05) is 24.1 Å². The molecule has 2 rings (SSSR count). The van der Waals surface area contributed by atoms with Crippen molar-refractivity contribution in [2.75, 3.05) is 18.5 Å². The highest BCUT2D eigenvalue weighted by molar-refractivity contribution is 5.50. The van der Waals surface area contributed by atoms with Gasteiger partial charge in [0.05, 0.1) is 0 Å². The van der Waals surface area contributed by atoms with Gasteiger partial charge in [0.25, 0.3) is 0 Å². The highest BCUT2D eigenvalue weighted by Gasteiger charge is 2.05. The minimum absolute atomic E-state index is 0.644. The van der Waals surface area contributed by atoms with Crippen LogP contribution in [0.5, 0.6) is 5.75 Å². The molecule has 0 unspecified atom stereocenters. The fraction of sp³-hybridized carbons (Fsp3) is 0.389. The Morgan fingerprint density at radius 3 is 2.29 bits per heavy atom. The van der Waals surface area contributed by atoms with Crippen LogP contribution in [0.25, 0.3) is 0 Å². The van der Waals surface area contributed by atoms with Crippen LogP contribution in [0.15, 0.2) is 24.4 Å². The van der Waals surface area contributed by atoms with Crippen molar-refractivity contribution < 1.29 is 4.74 Å². The Morgan fingerprint density at radius 2 is 1.62 bits per heavy atom. The predicted octanol–water partition coefficient (Wildman–Crippen LogP) is 4.11. The molecule has 3 heteroatoms. The van der Waals surface area contributed by atoms with Crippen molar-refractivity contribution in [3.05, 3.63) is 52.3 Å². The molecular formula is C18H24N2O. The average Bonchev–Trinajstić information content (AvgIpc) is 2.40. The second-order valence-electron chi connectivity index (χ2n) is 5.64. The van der Waals surface area contributed by atoms with Crippen molar-refractivity contribution in [2.24, 2.45) is 0 Å². The summed E-state index contributed by atoms with van der Waals surface area (Å²) < 4.78 is 5.94. The summed E-state index contributed by atoms with van der Waals surface area (Å²) in [6.07, 6.45) is 1.90. The van der Waals surface area contributed by atoms with Crippen LogP contribution in [0.3, 0.4) is 0 Å². The van der Waals surface area contributed by atoms with Crippen molar-refractivity contribution in [3.63, 3.8) is 0 Å². The average molecular weight is 284 g/mol. The van der Waals surface area contributed by atoms with Gasteiger partial charge in [-0.3, -0.25) is 4.98 Å². The molecule has 0 spiro atoms. The minimum Gasteiger partial charge on any atom is -0.491 e. The number of aromatic nitrogens is 1. The first-order valence-electron chi connectivity index (χ1n) is 7.35. The molecule has 0 saturated carbocycles. The second-order valence-corrected chi connectivity index (χ2v) is 5.64.